The second-order valence-corrected chi connectivity index (χ2v) is 8.47. The van der Waals surface area contributed by atoms with Gasteiger partial charge in [-0.3, -0.25) is 4.79 Å². The molecular formula is C17H25FN2O3S. The Kier molecular flexibility index (Phi) is 6.34. The van der Waals surface area contributed by atoms with Crippen molar-refractivity contribution in [2.45, 2.75) is 43.5 Å². The highest BCUT2D eigenvalue weighted by molar-refractivity contribution is 7.90. The van der Waals surface area contributed by atoms with Crippen LogP contribution in [0.5, 0.6) is 0 Å². The number of carbonyl (C=O) groups is 1. The van der Waals surface area contributed by atoms with Crippen LogP contribution in [-0.4, -0.2) is 33.7 Å². The van der Waals surface area contributed by atoms with E-state index in [1.165, 1.54) is 18.2 Å². The SMILES string of the molecule is CC(NC(=O)CCC1CCNCC1)c1ccc(S(C)(=O)=O)c(F)c1. The third kappa shape index (κ3) is 5.27. The summed E-state index contributed by atoms with van der Waals surface area (Å²) in [5, 5.41) is 6.15. The Morgan fingerprint density at radius 3 is 2.62 bits per heavy atom. The smallest absolute Gasteiger partial charge is 0.220 e. The Balaban J connectivity index is 1.90. The van der Waals surface area contributed by atoms with Gasteiger partial charge >= 0.3 is 0 Å². The first-order valence-corrected chi connectivity index (χ1v) is 10.2. The van der Waals surface area contributed by atoms with Crippen molar-refractivity contribution < 1.29 is 17.6 Å². The van der Waals surface area contributed by atoms with Crippen molar-refractivity contribution in [1.82, 2.24) is 10.6 Å². The normalized spacial score (nSPS) is 17.5. The van der Waals surface area contributed by atoms with Crippen molar-refractivity contribution in [2.24, 2.45) is 5.92 Å². The molecule has 24 heavy (non-hydrogen) atoms. The van der Waals surface area contributed by atoms with Crippen molar-refractivity contribution in [3.8, 4) is 0 Å². The van der Waals surface area contributed by atoms with Gasteiger partial charge in [0.15, 0.2) is 9.84 Å². The molecule has 1 atom stereocenters. The van der Waals surface area contributed by atoms with E-state index in [1.807, 2.05) is 0 Å². The van der Waals surface area contributed by atoms with E-state index in [4.69, 9.17) is 0 Å². The van der Waals surface area contributed by atoms with Crippen LogP contribution in [0.15, 0.2) is 23.1 Å². The molecule has 0 aliphatic carbocycles. The number of carbonyl (C=O) groups excluding carboxylic acids is 1. The van der Waals surface area contributed by atoms with Crippen LogP contribution < -0.4 is 10.6 Å². The largest absolute Gasteiger partial charge is 0.350 e. The summed E-state index contributed by atoms with van der Waals surface area (Å²) in [5.74, 6) is -0.266. The Morgan fingerprint density at radius 1 is 1.38 bits per heavy atom. The highest BCUT2D eigenvalue weighted by Gasteiger charge is 2.18. The molecule has 1 fully saturated rings. The fourth-order valence-electron chi connectivity index (χ4n) is 2.99. The lowest BCUT2D eigenvalue weighted by Crippen LogP contribution is -2.30. The summed E-state index contributed by atoms with van der Waals surface area (Å²) in [6, 6.07) is 3.59. The molecule has 1 amide bonds. The van der Waals surface area contributed by atoms with Gasteiger partial charge in [-0.25, -0.2) is 12.8 Å². The zero-order valence-corrected chi connectivity index (χ0v) is 15.0. The number of halogens is 1. The Labute approximate surface area is 142 Å². The molecule has 0 bridgehead atoms. The zero-order valence-electron chi connectivity index (χ0n) is 14.1. The highest BCUT2D eigenvalue weighted by atomic mass is 32.2. The van der Waals surface area contributed by atoms with E-state index >= 15 is 0 Å². The van der Waals surface area contributed by atoms with Crippen molar-refractivity contribution in [3.63, 3.8) is 0 Å². The first-order chi connectivity index (χ1) is 11.3. The van der Waals surface area contributed by atoms with Crippen LogP contribution in [0.2, 0.25) is 0 Å². The van der Waals surface area contributed by atoms with Crippen LogP contribution >= 0.6 is 0 Å². The summed E-state index contributed by atoms with van der Waals surface area (Å²) in [6.45, 7) is 3.78. The van der Waals surface area contributed by atoms with Gasteiger partial charge in [0, 0.05) is 12.7 Å². The topological polar surface area (TPSA) is 75.3 Å². The van der Waals surface area contributed by atoms with Gasteiger partial charge in [-0.2, -0.15) is 0 Å². The summed E-state index contributed by atoms with van der Waals surface area (Å²) in [7, 11) is -3.59. The standard InChI is InChI=1S/C17H25FN2O3S/c1-12(14-4-5-16(15(18)11-14)24(2,22)23)20-17(21)6-3-13-7-9-19-10-8-13/h4-5,11-13,19H,3,6-10H2,1-2H3,(H,20,21). The van der Waals surface area contributed by atoms with Crippen LogP contribution in [0.1, 0.15) is 44.2 Å². The molecular weight excluding hydrogens is 331 g/mol. The van der Waals surface area contributed by atoms with E-state index in [-0.39, 0.29) is 16.8 Å². The predicted octanol–water partition coefficient (Wildman–Crippen LogP) is 2.19. The van der Waals surface area contributed by atoms with E-state index in [2.05, 4.69) is 10.6 Å². The van der Waals surface area contributed by atoms with Crippen LogP contribution in [0, 0.1) is 11.7 Å². The van der Waals surface area contributed by atoms with Gasteiger partial charge in [-0.1, -0.05) is 6.07 Å². The predicted molar refractivity (Wildman–Crippen MR) is 90.9 cm³/mol. The molecule has 1 heterocycles. The molecule has 134 valence electrons. The van der Waals surface area contributed by atoms with Crippen LogP contribution in [0.3, 0.4) is 0 Å². The van der Waals surface area contributed by atoms with Gasteiger partial charge in [0.2, 0.25) is 5.91 Å². The van der Waals surface area contributed by atoms with E-state index in [0.717, 1.165) is 38.6 Å². The van der Waals surface area contributed by atoms with E-state index in [0.29, 0.717) is 17.9 Å². The van der Waals surface area contributed by atoms with Crippen LogP contribution in [-0.2, 0) is 14.6 Å². The molecule has 1 aromatic rings. The number of nitrogens with one attached hydrogen (secondary N) is 2. The first-order valence-electron chi connectivity index (χ1n) is 8.27. The Morgan fingerprint density at radius 2 is 2.04 bits per heavy atom. The Bertz CT molecular complexity index is 685. The van der Waals surface area contributed by atoms with E-state index in [1.54, 1.807) is 6.92 Å². The minimum atomic E-state index is -3.59. The average Bonchev–Trinajstić information content (AvgIpc) is 2.52. The monoisotopic (exact) mass is 356 g/mol. The summed E-state index contributed by atoms with van der Waals surface area (Å²) in [4.78, 5) is 11.7. The minimum Gasteiger partial charge on any atom is -0.350 e. The number of hydrogen-bond acceptors (Lipinski definition) is 4. The zero-order chi connectivity index (χ0) is 17.7. The lowest BCUT2D eigenvalue weighted by atomic mass is 9.93. The van der Waals surface area contributed by atoms with Gasteiger partial charge in [0.05, 0.1) is 6.04 Å². The van der Waals surface area contributed by atoms with Crippen molar-refractivity contribution >= 4 is 15.7 Å². The third-order valence-corrected chi connectivity index (χ3v) is 5.60. The summed E-state index contributed by atoms with van der Waals surface area (Å²) < 4.78 is 36.8. The Hall–Kier alpha value is -1.47. The molecule has 1 unspecified atom stereocenters. The van der Waals surface area contributed by atoms with Crippen molar-refractivity contribution in [3.05, 3.63) is 29.6 Å². The summed E-state index contributed by atoms with van der Waals surface area (Å²) in [6.07, 6.45) is 4.49. The molecule has 5 nitrogen and oxygen atoms in total. The van der Waals surface area contributed by atoms with E-state index in [9.17, 15) is 17.6 Å². The highest BCUT2D eigenvalue weighted by Crippen LogP contribution is 2.21. The van der Waals surface area contributed by atoms with Crippen molar-refractivity contribution in [1.29, 1.82) is 0 Å². The fourth-order valence-corrected chi connectivity index (χ4v) is 3.72. The molecule has 0 aromatic heterocycles. The van der Waals surface area contributed by atoms with Gasteiger partial charge in [0.25, 0.3) is 0 Å². The first kappa shape index (κ1) is 18.9. The maximum absolute atomic E-state index is 13.9. The second-order valence-electron chi connectivity index (χ2n) is 6.48. The van der Waals surface area contributed by atoms with Gasteiger partial charge in [-0.15, -0.1) is 0 Å². The maximum Gasteiger partial charge on any atom is 0.220 e. The molecule has 0 saturated carbocycles. The van der Waals surface area contributed by atoms with Gasteiger partial charge in [0.1, 0.15) is 10.7 Å². The van der Waals surface area contributed by atoms with Gasteiger partial charge < -0.3 is 10.6 Å². The quantitative estimate of drug-likeness (QED) is 0.819. The molecule has 0 spiro atoms. The van der Waals surface area contributed by atoms with Crippen LogP contribution in [0.25, 0.3) is 0 Å². The third-order valence-electron chi connectivity index (χ3n) is 4.47. The number of rotatable bonds is 6. The molecule has 7 heteroatoms. The average molecular weight is 356 g/mol. The van der Waals surface area contributed by atoms with Crippen LogP contribution in [0.4, 0.5) is 4.39 Å². The molecule has 1 aromatic carbocycles. The minimum absolute atomic E-state index is 0.0615. The molecule has 1 aliphatic rings. The molecule has 1 saturated heterocycles. The number of benzene rings is 1. The summed E-state index contributed by atoms with van der Waals surface area (Å²) in [5.41, 5.74) is 0.551. The maximum atomic E-state index is 13.9. The van der Waals surface area contributed by atoms with E-state index < -0.39 is 15.7 Å². The number of amides is 1. The molecule has 1 aliphatic heterocycles. The molecule has 2 rings (SSSR count). The molecule has 0 radical (unpaired) electrons. The molecule has 2 N–H and O–H groups in total. The number of hydrogen-bond donors (Lipinski definition) is 2. The lowest BCUT2D eigenvalue weighted by molar-refractivity contribution is -0.122. The van der Waals surface area contributed by atoms with Crippen molar-refractivity contribution in [2.75, 3.05) is 19.3 Å². The fraction of sp³-hybridized carbons (Fsp3) is 0.588. The summed E-state index contributed by atoms with van der Waals surface area (Å²) >= 11 is 0. The van der Waals surface area contributed by atoms with Gasteiger partial charge in [-0.05, 0) is 62.9 Å². The second kappa shape index (κ2) is 8.07. The lowest BCUT2D eigenvalue weighted by Gasteiger charge is -2.22. The number of sulfone groups is 1. The number of piperidine rings is 1.